The topological polar surface area (TPSA) is 92.8 Å². The first-order chi connectivity index (χ1) is 16.8. The van der Waals surface area contributed by atoms with E-state index in [1.165, 1.54) is 34.6 Å². The molecule has 0 atom stereocenters. The quantitative estimate of drug-likeness (QED) is 0.503. The number of nitrogens with zero attached hydrogens (tertiary/aromatic N) is 1. The minimum atomic E-state index is -3.79. The average Bonchev–Trinajstić information content (AvgIpc) is 2.87. The van der Waals surface area contributed by atoms with Gasteiger partial charge in [-0.25, -0.2) is 17.6 Å². The summed E-state index contributed by atoms with van der Waals surface area (Å²) in [4.78, 5) is 24.4. The number of hydrogen-bond donors (Lipinski definition) is 1. The Labute approximate surface area is 203 Å². The number of ether oxygens (including phenoxy) is 1. The number of aryl methyl sites for hydroxylation is 2. The summed E-state index contributed by atoms with van der Waals surface area (Å²) in [6.45, 7) is 1.61. The van der Waals surface area contributed by atoms with Gasteiger partial charge in [0.1, 0.15) is 5.82 Å². The number of hydrogen-bond acceptors (Lipinski definition) is 5. The second kappa shape index (κ2) is 10.3. The predicted octanol–water partition coefficient (Wildman–Crippen LogP) is 3.75. The molecule has 182 valence electrons. The summed E-state index contributed by atoms with van der Waals surface area (Å²) in [7, 11) is -3.79. The molecule has 0 spiro atoms. The summed E-state index contributed by atoms with van der Waals surface area (Å²) >= 11 is 0. The van der Waals surface area contributed by atoms with E-state index in [0.29, 0.717) is 23.4 Å². The van der Waals surface area contributed by atoms with Crippen LogP contribution in [0.1, 0.15) is 33.5 Å². The van der Waals surface area contributed by atoms with E-state index < -0.39 is 28.5 Å². The maximum Gasteiger partial charge on any atom is 0.338 e. The van der Waals surface area contributed by atoms with Crippen LogP contribution in [0.2, 0.25) is 0 Å². The van der Waals surface area contributed by atoms with Gasteiger partial charge in [-0.15, -0.1) is 0 Å². The smallest absolute Gasteiger partial charge is 0.338 e. The Kier molecular flexibility index (Phi) is 7.16. The van der Waals surface area contributed by atoms with E-state index in [9.17, 15) is 22.4 Å². The number of rotatable bonds is 7. The Bertz CT molecular complexity index is 1360. The molecule has 35 heavy (non-hydrogen) atoms. The molecule has 0 bridgehead atoms. The van der Waals surface area contributed by atoms with Crippen molar-refractivity contribution in [3.63, 3.8) is 0 Å². The van der Waals surface area contributed by atoms with Gasteiger partial charge in [-0.05, 0) is 72.9 Å². The zero-order chi connectivity index (χ0) is 25.0. The molecular weight excluding hydrogens is 471 g/mol. The molecule has 0 unspecified atom stereocenters. The number of fused-ring (bicyclic) bond motifs is 1. The van der Waals surface area contributed by atoms with Crippen molar-refractivity contribution >= 4 is 27.6 Å². The molecule has 0 saturated carbocycles. The highest BCUT2D eigenvalue weighted by molar-refractivity contribution is 7.92. The molecule has 0 fully saturated rings. The van der Waals surface area contributed by atoms with E-state index in [-0.39, 0.29) is 22.8 Å². The van der Waals surface area contributed by atoms with Crippen LogP contribution >= 0.6 is 0 Å². The largest absolute Gasteiger partial charge is 0.452 e. The number of carbonyl (C=O) groups is 2. The summed E-state index contributed by atoms with van der Waals surface area (Å²) in [5, 5.41) is 2.56. The highest BCUT2D eigenvalue weighted by Crippen LogP contribution is 2.31. The second-order valence-corrected chi connectivity index (χ2v) is 10.1. The summed E-state index contributed by atoms with van der Waals surface area (Å²) < 4.78 is 46.4. The van der Waals surface area contributed by atoms with Crippen LogP contribution in [-0.4, -0.2) is 33.4 Å². The van der Waals surface area contributed by atoms with Crippen molar-refractivity contribution in [1.82, 2.24) is 5.32 Å². The minimum absolute atomic E-state index is 0.0637. The molecule has 9 heteroatoms. The third kappa shape index (κ3) is 5.51. The number of anilines is 1. The van der Waals surface area contributed by atoms with Gasteiger partial charge in [0.05, 0.1) is 16.1 Å². The van der Waals surface area contributed by atoms with E-state index in [1.54, 1.807) is 31.2 Å². The number of amides is 1. The first-order valence-corrected chi connectivity index (χ1v) is 12.6. The molecule has 1 aliphatic rings. The third-order valence-corrected chi connectivity index (χ3v) is 7.63. The maximum atomic E-state index is 13.6. The minimum Gasteiger partial charge on any atom is -0.452 e. The Morgan fingerprint density at radius 3 is 2.54 bits per heavy atom. The SMILES string of the molecule is Cc1ccc(CNC(=O)COC(=O)c2ccc(S(=O)(=O)N3CCCc4ccccc43)cc2)cc1F. The molecule has 1 heterocycles. The van der Waals surface area contributed by atoms with Gasteiger partial charge in [0.25, 0.3) is 15.9 Å². The van der Waals surface area contributed by atoms with Crippen molar-refractivity contribution in [3.05, 3.63) is 94.8 Å². The van der Waals surface area contributed by atoms with Crippen molar-refractivity contribution in [2.45, 2.75) is 31.2 Å². The fourth-order valence-corrected chi connectivity index (χ4v) is 5.39. The molecular formula is C26H25FN2O5S. The molecule has 1 aliphatic heterocycles. The standard InChI is InChI=1S/C26H25FN2O5S/c1-18-8-9-19(15-23(18)27)16-28-25(30)17-34-26(31)21-10-12-22(13-11-21)35(32,33)29-14-4-6-20-5-2-3-7-24(20)29/h2-3,5,7-13,15H,4,6,14,16-17H2,1H3,(H,28,30). The molecule has 4 rings (SSSR count). The molecule has 0 aliphatic carbocycles. The number of benzene rings is 3. The lowest BCUT2D eigenvalue weighted by molar-refractivity contribution is -0.124. The van der Waals surface area contributed by atoms with E-state index in [4.69, 9.17) is 4.74 Å². The van der Waals surface area contributed by atoms with Crippen LogP contribution in [0.15, 0.2) is 71.6 Å². The van der Waals surface area contributed by atoms with Crippen molar-refractivity contribution in [3.8, 4) is 0 Å². The van der Waals surface area contributed by atoms with Crippen molar-refractivity contribution < 1.29 is 27.1 Å². The molecule has 0 saturated heterocycles. The lowest BCUT2D eigenvalue weighted by Crippen LogP contribution is -2.35. The number of halogens is 1. The number of sulfonamides is 1. The van der Waals surface area contributed by atoms with Gasteiger partial charge in [-0.3, -0.25) is 9.10 Å². The van der Waals surface area contributed by atoms with Gasteiger partial charge < -0.3 is 10.1 Å². The first kappa shape index (κ1) is 24.4. The Balaban J connectivity index is 1.35. The molecule has 3 aromatic carbocycles. The van der Waals surface area contributed by atoms with Crippen molar-refractivity contribution in [1.29, 1.82) is 0 Å². The summed E-state index contributed by atoms with van der Waals surface area (Å²) in [6, 6.07) is 17.5. The van der Waals surface area contributed by atoms with E-state index >= 15 is 0 Å². The van der Waals surface area contributed by atoms with Crippen LogP contribution in [-0.2, 0) is 32.5 Å². The highest BCUT2D eigenvalue weighted by Gasteiger charge is 2.29. The van der Waals surface area contributed by atoms with Gasteiger partial charge in [-0.1, -0.05) is 30.3 Å². The second-order valence-electron chi connectivity index (χ2n) is 8.27. The van der Waals surface area contributed by atoms with Gasteiger partial charge in [0, 0.05) is 13.1 Å². The van der Waals surface area contributed by atoms with E-state index in [1.807, 2.05) is 12.1 Å². The monoisotopic (exact) mass is 496 g/mol. The highest BCUT2D eigenvalue weighted by atomic mass is 32.2. The summed E-state index contributed by atoms with van der Waals surface area (Å²) in [5.74, 6) is -1.66. The first-order valence-electron chi connectivity index (χ1n) is 11.2. The molecule has 1 amide bonds. The van der Waals surface area contributed by atoms with E-state index in [2.05, 4.69) is 5.32 Å². The van der Waals surface area contributed by atoms with Crippen LogP contribution in [0.5, 0.6) is 0 Å². The molecule has 0 aromatic heterocycles. The van der Waals surface area contributed by atoms with Crippen molar-refractivity contribution in [2.24, 2.45) is 0 Å². The summed E-state index contributed by atoms with van der Waals surface area (Å²) in [5.41, 5.74) is 2.86. The van der Waals surface area contributed by atoms with Gasteiger partial charge in [-0.2, -0.15) is 0 Å². The van der Waals surface area contributed by atoms with Crippen molar-refractivity contribution in [2.75, 3.05) is 17.5 Å². The number of para-hydroxylation sites is 1. The fraction of sp³-hybridized carbons (Fsp3) is 0.231. The molecule has 3 aromatic rings. The molecule has 0 radical (unpaired) electrons. The van der Waals surface area contributed by atoms with Gasteiger partial charge in [0.15, 0.2) is 6.61 Å². The molecule has 7 nitrogen and oxygen atoms in total. The summed E-state index contributed by atoms with van der Waals surface area (Å²) in [6.07, 6.45) is 1.55. The predicted molar refractivity (Wildman–Crippen MR) is 129 cm³/mol. The maximum absolute atomic E-state index is 13.6. The number of esters is 1. The van der Waals surface area contributed by atoms with Gasteiger partial charge in [0.2, 0.25) is 0 Å². The van der Waals surface area contributed by atoms with E-state index in [0.717, 1.165) is 18.4 Å². The average molecular weight is 497 g/mol. The normalized spacial score (nSPS) is 13.1. The van der Waals surface area contributed by atoms with Crippen LogP contribution in [0, 0.1) is 12.7 Å². The Morgan fingerprint density at radius 2 is 1.80 bits per heavy atom. The lowest BCUT2D eigenvalue weighted by atomic mass is 10.0. The Morgan fingerprint density at radius 1 is 1.06 bits per heavy atom. The van der Waals surface area contributed by atoms with Crippen LogP contribution in [0.25, 0.3) is 0 Å². The lowest BCUT2D eigenvalue weighted by Gasteiger charge is -2.30. The number of carbonyl (C=O) groups excluding carboxylic acids is 2. The molecule has 1 N–H and O–H groups in total. The zero-order valence-corrected chi connectivity index (χ0v) is 20.0. The number of nitrogens with one attached hydrogen (secondary N) is 1. The third-order valence-electron chi connectivity index (χ3n) is 5.81. The van der Waals surface area contributed by atoms with Crippen LogP contribution < -0.4 is 9.62 Å². The fourth-order valence-electron chi connectivity index (χ4n) is 3.85. The zero-order valence-electron chi connectivity index (χ0n) is 19.2. The Hall–Kier alpha value is -3.72. The van der Waals surface area contributed by atoms with Crippen LogP contribution in [0.4, 0.5) is 10.1 Å². The van der Waals surface area contributed by atoms with Gasteiger partial charge >= 0.3 is 5.97 Å². The van der Waals surface area contributed by atoms with Crippen LogP contribution in [0.3, 0.4) is 0 Å².